The summed E-state index contributed by atoms with van der Waals surface area (Å²) in [7, 11) is 0. The first kappa shape index (κ1) is 19.9. The molecule has 2 heterocycles. The van der Waals surface area contributed by atoms with Crippen LogP contribution in [0.1, 0.15) is 11.4 Å². The fraction of sp³-hybridized carbons (Fsp3) is 0.0625. The molecule has 0 amide bonds. The van der Waals surface area contributed by atoms with Crippen LogP contribution in [0.25, 0.3) is 66.0 Å². The molecule has 0 atom stereocenters. The first-order chi connectivity index (χ1) is 17.2. The lowest BCUT2D eigenvalue weighted by Gasteiger charge is -2.12. The van der Waals surface area contributed by atoms with Crippen molar-refractivity contribution in [2.45, 2.75) is 13.8 Å². The number of nitrogens with zero attached hydrogens (tertiary/aromatic N) is 2. The third-order valence-corrected chi connectivity index (χ3v) is 6.89. The van der Waals surface area contributed by atoms with Gasteiger partial charge in [-0.25, -0.2) is 9.97 Å². The van der Waals surface area contributed by atoms with Gasteiger partial charge in [-0.3, -0.25) is 0 Å². The predicted octanol–water partition coefficient (Wildman–Crippen LogP) is 8.63. The molecule has 0 bridgehead atoms. The van der Waals surface area contributed by atoms with E-state index in [1.54, 1.807) is 0 Å². The summed E-state index contributed by atoms with van der Waals surface area (Å²) in [4.78, 5) is 9.81. The molecule has 0 fully saturated rings. The molecule has 166 valence electrons. The third kappa shape index (κ3) is 3.05. The minimum atomic E-state index is 0.747. The lowest BCUT2D eigenvalue weighted by Crippen LogP contribution is -1.96. The molecule has 0 radical (unpaired) electrons. The lowest BCUT2D eigenvalue weighted by molar-refractivity contribution is 0.669. The highest BCUT2D eigenvalue weighted by atomic mass is 16.3. The number of furan rings is 1. The fourth-order valence-electron chi connectivity index (χ4n) is 5.23. The van der Waals surface area contributed by atoms with E-state index in [2.05, 4.69) is 85.8 Å². The van der Waals surface area contributed by atoms with E-state index >= 15 is 0 Å². The van der Waals surface area contributed by atoms with Gasteiger partial charge in [-0.1, -0.05) is 72.8 Å². The van der Waals surface area contributed by atoms with Crippen LogP contribution in [0, 0.1) is 13.8 Å². The summed E-state index contributed by atoms with van der Waals surface area (Å²) in [5.74, 6) is 0.747. The van der Waals surface area contributed by atoms with Crippen molar-refractivity contribution in [2.24, 2.45) is 0 Å². The zero-order valence-electron chi connectivity index (χ0n) is 19.5. The maximum Gasteiger partial charge on any atom is 0.145 e. The first-order valence-electron chi connectivity index (χ1n) is 11.9. The largest absolute Gasteiger partial charge is 0.455 e. The average Bonchev–Trinajstić information content (AvgIpc) is 3.29. The van der Waals surface area contributed by atoms with E-state index in [-0.39, 0.29) is 0 Å². The number of para-hydroxylation sites is 1. The third-order valence-electron chi connectivity index (χ3n) is 6.89. The highest BCUT2D eigenvalue weighted by Crippen LogP contribution is 2.40. The van der Waals surface area contributed by atoms with Crippen LogP contribution in [0.5, 0.6) is 0 Å². The maximum absolute atomic E-state index is 6.40. The highest BCUT2D eigenvalue weighted by molar-refractivity contribution is 6.15. The molecule has 7 aromatic rings. The van der Waals surface area contributed by atoms with Gasteiger partial charge in [-0.15, -0.1) is 0 Å². The van der Waals surface area contributed by atoms with Gasteiger partial charge in [0.15, 0.2) is 0 Å². The van der Waals surface area contributed by atoms with Crippen LogP contribution >= 0.6 is 0 Å². The van der Waals surface area contributed by atoms with Crippen molar-refractivity contribution < 1.29 is 4.42 Å². The Bertz CT molecular complexity index is 1920. The Morgan fingerprint density at radius 1 is 0.629 bits per heavy atom. The Morgan fingerprint density at radius 3 is 2.31 bits per heavy atom. The Kier molecular flexibility index (Phi) is 4.27. The molecule has 0 aliphatic heterocycles. The monoisotopic (exact) mass is 450 g/mol. The van der Waals surface area contributed by atoms with Gasteiger partial charge in [0.05, 0.1) is 11.2 Å². The molecule has 5 aromatic carbocycles. The zero-order chi connectivity index (χ0) is 23.5. The fourth-order valence-corrected chi connectivity index (χ4v) is 5.23. The number of fused-ring (bicyclic) bond motifs is 6. The maximum atomic E-state index is 6.40. The Balaban J connectivity index is 1.51. The van der Waals surface area contributed by atoms with Crippen molar-refractivity contribution in [2.75, 3.05) is 0 Å². The number of aromatic nitrogens is 2. The van der Waals surface area contributed by atoms with Gasteiger partial charge >= 0.3 is 0 Å². The van der Waals surface area contributed by atoms with Gasteiger partial charge in [0, 0.05) is 27.1 Å². The van der Waals surface area contributed by atoms with Gasteiger partial charge in [0.1, 0.15) is 17.0 Å². The summed E-state index contributed by atoms with van der Waals surface area (Å²) in [6.45, 7) is 4.10. The number of aryl methyl sites for hydroxylation is 2. The van der Waals surface area contributed by atoms with Crippen molar-refractivity contribution in [1.82, 2.24) is 9.97 Å². The van der Waals surface area contributed by atoms with Crippen LogP contribution in [-0.2, 0) is 0 Å². The molecule has 0 spiro atoms. The minimum Gasteiger partial charge on any atom is -0.455 e. The second kappa shape index (κ2) is 7.51. The quantitative estimate of drug-likeness (QED) is 0.247. The molecular formula is C32H22N2O. The molecule has 0 aliphatic rings. The van der Waals surface area contributed by atoms with E-state index in [0.717, 1.165) is 55.3 Å². The van der Waals surface area contributed by atoms with Crippen molar-refractivity contribution in [3.05, 3.63) is 108 Å². The van der Waals surface area contributed by atoms with E-state index in [0.29, 0.717) is 0 Å². The van der Waals surface area contributed by atoms with Gasteiger partial charge in [0.25, 0.3) is 0 Å². The van der Waals surface area contributed by atoms with Crippen molar-refractivity contribution >= 4 is 43.6 Å². The van der Waals surface area contributed by atoms with Crippen LogP contribution < -0.4 is 0 Å². The van der Waals surface area contributed by atoms with Crippen LogP contribution in [-0.4, -0.2) is 9.97 Å². The van der Waals surface area contributed by atoms with Gasteiger partial charge in [0.2, 0.25) is 0 Å². The van der Waals surface area contributed by atoms with Crippen molar-refractivity contribution in [1.29, 1.82) is 0 Å². The van der Waals surface area contributed by atoms with Gasteiger partial charge < -0.3 is 4.42 Å². The van der Waals surface area contributed by atoms with Gasteiger partial charge in [-0.05, 0) is 60.2 Å². The summed E-state index contributed by atoms with van der Waals surface area (Å²) < 4.78 is 6.40. The van der Waals surface area contributed by atoms with Crippen LogP contribution in [0.4, 0.5) is 0 Å². The van der Waals surface area contributed by atoms with Crippen molar-refractivity contribution in [3.63, 3.8) is 0 Å². The zero-order valence-corrected chi connectivity index (χ0v) is 19.5. The van der Waals surface area contributed by atoms with Gasteiger partial charge in [-0.2, -0.15) is 0 Å². The minimum absolute atomic E-state index is 0.747. The second-order valence-electron chi connectivity index (χ2n) is 9.12. The Hall–Kier alpha value is -4.50. The number of rotatable bonds is 2. The normalized spacial score (nSPS) is 11.7. The molecule has 2 aromatic heterocycles. The van der Waals surface area contributed by atoms with Crippen LogP contribution in [0.3, 0.4) is 0 Å². The summed E-state index contributed by atoms with van der Waals surface area (Å²) in [6.07, 6.45) is 0. The Labute approximate surface area is 202 Å². The van der Waals surface area contributed by atoms with E-state index < -0.39 is 0 Å². The van der Waals surface area contributed by atoms with E-state index in [4.69, 9.17) is 14.4 Å². The Morgan fingerprint density at radius 2 is 1.43 bits per heavy atom. The summed E-state index contributed by atoms with van der Waals surface area (Å²) in [5.41, 5.74) is 8.25. The topological polar surface area (TPSA) is 38.9 Å². The summed E-state index contributed by atoms with van der Waals surface area (Å²) in [5, 5.41) is 5.61. The van der Waals surface area contributed by atoms with Crippen LogP contribution in [0.2, 0.25) is 0 Å². The highest BCUT2D eigenvalue weighted by Gasteiger charge is 2.18. The molecule has 3 heteroatoms. The van der Waals surface area contributed by atoms with E-state index in [1.165, 1.54) is 22.1 Å². The number of benzene rings is 5. The molecule has 0 N–H and O–H groups in total. The number of hydrogen-bond donors (Lipinski definition) is 0. The second-order valence-corrected chi connectivity index (χ2v) is 9.12. The summed E-state index contributed by atoms with van der Waals surface area (Å²) >= 11 is 0. The standard InChI is InChI=1S/C32H22N2O/c1-19-12-15-27(32-29(19)25-10-6-7-11-28(25)35-32)31-26-17-14-23-18-22(21-8-4-3-5-9-21)13-16-24(23)30(26)33-20(2)34-31/h3-18H,1-2H3. The van der Waals surface area contributed by atoms with Crippen molar-refractivity contribution in [3.8, 4) is 22.4 Å². The SMILES string of the molecule is Cc1nc(-c2ccc(C)c3c2oc2ccccc23)c2ccc3cc(-c4ccccc4)ccc3c2n1. The molecular weight excluding hydrogens is 428 g/mol. The average molecular weight is 451 g/mol. The molecule has 35 heavy (non-hydrogen) atoms. The van der Waals surface area contributed by atoms with E-state index in [9.17, 15) is 0 Å². The van der Waals surface area contributed by atoms with E-state index in [1.807, 2.05) is 25.1 Å². The molecule has 0 unspecified atom stereocenters. The molecule has 0 saturated heterocycles. The molecule has 7 rings (SSSR count). The van der Waals surface area contributed by atoms with Crippen LogP contribution in [0.15, 0.2) is 101 Å². The molecule has 0 aliphatic carbocycles. The lowest BCUT2D eigenvalue weighted by atomic mass is 9.96. The smallest absolute Gasteiger partial charge is 0.145 e. The summed E-state index contributed by atoms with van der Waals surface area (Å²) in [6, 6.07) is 33.9. The molecule has 0 saturated carbocycles. The first-order valence-corrected chi connectivity index (χ1v) is 11.9. The molecule has 3 nitrogen and oxygen atoms in total. The number of hydrogen-bond acceptors (Lipinski definition) is 3. The predicted molar refractivity (Wildman–Crippen MR) is 145 cm³/mol.